The van der Waals surface area contributed by atoms with Crippen LogP contribution in [0, 0.1) is 23.3 Å². The van der Waals surface area contributed by atoms with Gasteiger partial charge in [-0.25, -0.2) is 17.6 Å². The van der Waals surface area contributed by atoms with Gasteiger partial charge in [-0.2, -0.15) is 0 Å². The SMILES string of the molecule is CNC(=O)c1c2nc(c(-c3c(F)cccc3F)c3ccc(cc4nc(c(-c5c(F)cccc5F)c5ccc1[nH]5)CC4)[nH]3)CC2. The van der Waals surface area contributed by atoms with Crippen molar-refractivity contribution in [2.45, 2.75) is 25.7 Å². The Labute approximate surface area is 248 Å². The van der Waals surface area contributed by atoms with E-state index in [4.69, 9.17) is 9.97 Å². The molecule has 0 fully saturated rings. The lowest BCUT2D eigenvalue weighted by molar-refractivity contribution is 0.0963. The maximum absolute atomic E-state index is 15.2. The summed E-state index contributed by atoms with van der Waals surface area (Å²) in [5.41, 5.74) is 4.07. The molecule has 6 nitrogen and oxygen atoms in total. The van der Waals surface area contributed by atoms with Crippen molar-refractivity contribution < 1.29 is 22.4 Å². The first-order valence-electron chi connectivity index (χ1n) is 14.2. The van der Waals surface area contributed by atoms with Crippen molar-refractivity contribution in [2.24, 2.45) is 0 Å². The average molecular weight is 596 g/mol. The highest BCUT2D eigenvalue weighted by Crippen LogP contribution is 2.36. The lowest BCUT2D eigenvalue weighted by atomic mass is 10.0. The van der Waals surface area contributed by atoms with E-state index in [0.717, 1.165) is 0 Å². The summed E-state index contributed by atoms with van der Waals surface area (Å²) in [7, 11) is 1.48. The van der Waals surface area contributed by atoms with Crippen LogP contribution in [0.5, 0.6) is 0 Å². The second kappa shape index (κ2) is 10.8. The summed E-state index contributed by atoms with van der Waals surface area (Å²) in [6.07, 6.45) is 1.53. The molecule has 5 aromatic rings. The number of aryl methyl sites for hydroxylation is 4. The van der Waals surface area contributed by atoms with Crippen LogP contribution in [0.1, 0.15) is 33.1 Å². The maximum Gasteiger partial charge on any atom is 0.254 e. The highest BCUT2D eigenvalue weighted by molar-refractivity contribution is 6.02. The van der Waals surface area contributed by atoms with Crippen molar-refractivity contribution in [3.05, 3.63) is 118 Å². The predicted octanol–water partition coefficient (Wildman–Crippen LogP) is 7.14. The number of aromatic amines is 2. The Kier molecular flexibility index (Phi) is 6.76. The molecule has 8 bridgehead atoms. The Hall–Kier alpha value is -5.25. The van der Waals surface area contributed by atoms with Crippen molar-refractivity contribution in [3.8, 4) is 22.3 Å². The minimum absolute atomic E-state index is 0.212. The second-order valence-electron chi connectivity index (χ2n) is 10.7. The number of hydrogen-bond donors (Lipinski definition) is 3. The molecule has 5 heterocycles. The normalized spacial score (nSPS) is 12.8. The van der Waals surface area contributed by atoms with Gasteiger partial charge in [-0.15, -0.1) is 0 Å². The van der Waals surface area contributed by atoms with Gasteiger partial charge in [0, 0.05) is 40.4 Å². The van der Waals surface area contributed by atoms with Crippen LogP contribution in [0.4, 0.5) is 17.6 Å². The number of nitrogens with zero attached hydrogens (tertiary/aromatic N) is 2. The highest BCUT2D eigenvalue weighted by Gasteiger charge is 2.25. The van der Waals surface area contributed by atoms with Crippen molar-refractivity contribution >= 4 is 28.0 Å². The maximum atomic E-state index is 15.2. The molecule has 7 rings (SSSR count). The number of aromatic nitrogens is 4. The van der Waals surface area contributed by atoms with Gasteiger partial charge in [-0.1, -0.05) is 12.1 Å². The number of nitrogens with one attached hydrogen (secondary N) is 3. The molecule has 0 saturated carbocycles. The molecule has 0 aliphatic carbocycles. The van der Waals surface area contributed by atoms with Crippen LogP contribution in [0.3, 0.4) is 0 Å². The zero-order valence-electron chi connectivity index (χ0n) is 23.5. The first kappa shape index (κ1) is 27.6. The quantitative estimate of drug-likeness (QED) is 0.194. The highest BCUT2D eigenvalue weighted by atomic mass is 19.1. The molecule has 0 atom stereocenters. The third kappa shape index (κ3) is 4.63. The molecule has 3 aromatic heterocycles. The van der Waals surface area contributed by atoms with Crippen LogP contribution in [0.15, 0.2) is 66.7 Å². The van der Waals surface area contributed by atoms with E-state index in [1.165, 1.54) is 43.4 Å². The number of halogens is 4. The fraction of sp³-hybridized carbons (Fsp3) is 0.147. The van der Waals surface area contributed by atoms with E-state index in [-0.39, 0.29) is 27.8 Å². The molecule has 44 heavy (non-hydrogen) atoms. The monoisotopic (exact) mass is 595 g/mol. The molecular formula is C34H25F4N5O. The molecule has 1 amide bonds. The molecule has 2 aliphatic rings. The molecule has 0 spiro atoms. The number of benzene rings is 2. The molecule has 10 heteroatoms. The van der Waals surface area contributed by atoms with Gasteiger partial charge < -0.3 is 15.3 Å². The van der Waals surface area contributed by atoms with Crippen LogP contribution in [-0.4, -0.2) is 32.9 Å². The Morgan fingerprint density at radius 2 is 1.16 bits per heavy atom. The van der Waals surface area contributed by atoms with E-state index in [1.54, 1.807) is 30.3 Å². The number of amides is 1. The molecule has 0 saturated heterocycles. The van der Waals surface area contributed by atoms with E-state index in [9.17, 15) is 4.79 Å². The zero-order chi connectivity index (χ0) is 30.5. The molecule has 220 valence electrons. The van der Waals surface area contributed by atoms with Gasteiger partial charge in [-0.3, -0.25) is 14.8 Å². The average Bonchev–Trinajstić information content (AvgIpc) is 3.82. The minimum Gasteiger partial charge on any atom is -0.355 e. The minimum atomic E-state index is -0.738. The van der Waals surface area contributed by atoms with Crippen molar-refractivity contribution in [1.29, 1.82) is 0 Å². The topological polar surface area (TPSA) is 86.5 Å². The molecular weight excluding hydrogens is 570 g/mol. The zero-order valence-corrected chi connectivity index (χ0v) is 23.5. The standard InChI is InChI=1S/C34H25F4N5O/c1-39-34(44)33-27-14-12-25(42-27)31(29-19(35)4-2-5-20(29)36)23-10-8-17(40-23)16-18-9-11-24(41-18)32(26-13-15-28(33)43-26)30-21(37)6-3-7-22(30)38/h2-8,10,13,15-16,40,43H,9,11-12,14H2,1H3,(H,39,44). The summed E-state index contributed by atoms with van der Waals surface area (Å²) in [5.74, 6) is -3.39. The summed E-state index contributed by atoms with van der Waals surface area (Å²) >= 11 is 0. The summed E-state index contributed by atoms with van der Waals surface area (Å²) in [5, 5.41) is 2.64. The number of fused-ring (bicyclic) bond motifs is 8. The number of H-pyrrole nitrogens is 2. The van der Waals surface area contributed by atoms with E-state index in [1.807, 2.05) is 0 Å². The number of carbonyl (C=O) groups is 1. The molecule has 0 radical (unpaired) electrons. The summed E-state index contributed by atoms with van der Waals surface area (Å²) in [6.45, 7) is 0. The number of hydrogen-bond acceptors (Lipinski definition) is 3. The summed E-state index contributed by atoms with van der Waals surface area (Å²) in [6, 6.07) is 16.0. The largest absolute Gasteiger partial charge is 0.355 e. The smallest absolute Gasteiger partial charge is 0.254 e. The van der Waals surface area contributed by atoms with Crippen LogP contribution < -0.4 is 5.32 Å². The molecule has 2 aliphatic heterocycles. The number of carbonyl (C=O) groups excluding carboxylic acids is 1. The van der Waals surface area contributed by atoms with Crippen molar-refractivity contribution in [1.82, 2.24) is 25.3 Å². The van der Waals surface area contributed by atoms with E-state index in [2.05, 4.69) is 15.3 Å². The predicted molar refractivity (Wildman–Crippen MR) is 160 cm³/mol. The fourth-order valence-corrected chi connectivity index (χ4v) is 6.07. The van der Waals surface area contributed by atoms with Crippen molar-refractivity contribution in [2.75, 3.05) is 7.05 Å². The van der Waals surface area contributed by atoms with Gasteiger partial charge in [0.05, 0.1) is 39.3 Å². The van der Waals surface area contributed by atoms with Gasteiger partial charge in [0.2, 0.25) is 0 Å². The third-order valence-electron chi connectivity index (χ3n) is 8.04. The first-order valence-corrected chi connectivity index (χ1v) is 14.2. The second-order valence-corrected chi connectivity index (χ2v) is 10.7. The lowest BCUT2D eigenvalue weighted by Crippen LogP contribution is -2.19. The third-order valence-corrected chi connectivity index (χ3v) is 8.04. The van der Waals surface area contributed by atoms with Crippen molar-refractivity contribution in [3.63, 3.8) is 0 Å². The summed E-state index contributed by atoms with van der Waals surface area (Å²) < 4.78 is 60.9. The van der Waals surface area contributed by atoms with Crippen LogP contribution >= 0.6 is 0 Å². The van der Waals surface area contributed by atoms with Crippen LogP contribution in [-0.2, 0) is 25.7 Å². The molecule has 3 N–H and O–H groups in total. The van der Waals surface area contributed by atoms with E-state index >= 15 is 17.6 Å². The van der Waals surface area contributed by atoms with E-state index < -0.39 is 29.2 Å². The van der Waals surface area contributed by atoms with Gasteiger partial charge in [0.15, 0.2) is 0 Å². The van der Waals surface area contributed by atoms with Gasteiger partial charge >= 0.3 is 0 Å². The Morgan fingerprint density at radius 3 is 1.80 bits per heavy atom. The first-order chi connectivity index (χ1) is 21.3. The number of rotatable bonds is 3. The van der Waals surface area contributed by atoms with Gasteiger partial charge in [0.1, 0.15) is 23.3 Å². The van der Waals surface area contributed by atoms with Gasteiger partial charge in [-0.05, 0) is 80.3 Å². The fourth-order valence-electron chi connectivity index (χ4n) is 6.07. The van der Waals surface area contributed by atoms with Crippen LogP contribution in [0.2, 0.25) is 0 Å². The van der Waals surface area contributed by atoms with Crippen LogP contribution in [0.25, 0.3) is 44.3 Å². The lowest BCUT2D eigenvalue weighted by Gasteiger charge is -2.08. The summed E-state index contributed by atoms with van der Waals surface area (Å²) in [4.78, 5) is 29.3. The Bertz CT molecular complexity index is 2060. The van der Waals surface area contributed by atoms with Gasteiger partial charge in [0.25, 0.3) is 5.91 Å². The molecule has 0 unspecified atom stereocenters. The molecule has 2 aromatic carbocycles. The Morgan fingerprint density at radius 1 is 0.636 bits per heavy atom. The van der Waals surface area contributed by atoms with E-state index in [0.29, 0.717) is 70.5 Å². The Balaban J connectivity index is 1.66.